The van der Waals surface area contributed by atoms with Crippen molar-refractivity contribution >= 4 is 39.6 Å². The van der Waals surface area contributed by atoms with Crippen LogP contribution in [0.1, 0.15) is 19.3 Å². The third-order valence-corrected chi connectivity index (χ3v) is 5.38. The highest BCUT2D eigenvalue weighted by atomic mass is 16.2. The Kier molecular flexibility index (Phi) is 5.47. The molecule has 1 aliphatic rings. The maximum absolute atomic E-state index is 12.4. The predicted molar refractivity (Wildman–Crippen MR) is 118 cm³/mol. The summed E-state index contributed by atoms with van der Waals surface area (Å²) < 4.78 is 0. The number of rotatable bonds is 6. The van der Waals surface area contributed by atoms with Gasteiger partial charge in [-0.1, -0.05) is 30.3 Å². The zero-order chi connectivity index (χ0) is 20.2. The lowest BCUT2D eigenvalue weighted by Gasteiger charge is -2.20. The van der Waals surface area contributed by atoms with Crippen LogP contribution in [0.4, 0.5) is 17.1 Å². The number of nitrogens with one attached hydrogen (secondary N) is 1. The molecule has 4 rings (SSSR count). The van der Waals surface area contributed by atoms with Crippen molar-refractivity contribution in [2.45, 2.75) is 19.3 Å². The average Bonchev–Trinajstić information content (AvgIpc) is 3.18. The van der Waals surface area contributed by atoms with Crippen molar-refractivity contribution in [3.63, 3.8) is 0 Å². The molecule has 0 spiro atoms. The van der Waals surface area contributed by atoms with Crippen LogP contribution < -0.4 is 15.1 Å². The van der Waals surface area contributed by atoms with E-state index in [0.717, 1.165) is 30.0 Å². The maximum Gasteiger partial charge on any atom is 0.227 e. The Balaban J connectivity index is 1.31. The first-order chi connectivity index (χ1) is 14.1. The second-order valence-corrected chi connectivity index (χ2v) is 7.45. The summed E-state index contributed by atoms with van der Waals surface area (Å²) in [5.41, 5.74) is 2.73. The van der Waals surface area contributed by atoms with Crippen LogP contribution in [0.25, 0.3) is 10.8 Å². The highest BCUT2D eigenvalue weighted by Crippen LogP contribution is 2.24. The van der Waals surface area contributed by atoms with Gasteiger partial charge in [-0.2, -0.15) is 0 Å². The minimum Gasteiger partial charge on any atom is -0.374 e. The number of anilines is 3. The zero-order valence-corrected chi connectivity index (χ0v) is 16.6. The Morgan fingerprint density at radius 2 is 1.79 bits per heavy atom. The lowest BCUT2D eigenvalue weighted by molar-refractivity contribution is -0.117. The SMILES string of the molecule is CN(CCC(=O)Nc1ccc(N2CCCC2=O)cc1)c1ccc2ccccc2c1. The lowest BCUT2D eigenvalue weighted by atomic mass is 10.1. The van der Waals surface area contributed by atoms with Crippen LogP contribution in [0.3, 0.4) is 0 Å². The topological polar surface area (TPSA) is 52.7 Å². The first-order valence-corrected chi connectivity index (χ1v) is 10.0. The molecule has 5 nitrogen and oxygen atoms in total. The number of carbonyl (C=O) groups excluding carboxylic acids is 2. The van der Waals surface area contributed by atoms with E-state index < -0.39 is 0 Å². The molecule has 1 heterocycles. The summed E-state index contributed by atoms with van der Waals surface area (Å²) in [6.07, 6.45) is 1.92. The summed E-state index contributed by atoms with van der Waals surface area (Å²) in [4.78, 5) is 28.1. The van der Waals surface area contributed by atoms with Gasteiger partial charge in [0.1, 0.15) is 0 Å². The third-order valence-electron chi connectivity index (χ3n) is 5.38. The van der Waals surface area contributed by atoms with Gasteiger partial charge in [0.15, 0.2) is 0 Å². The molecule has 0 saturated carbocycles. The van der Waals surface area contributed by atoms with Crippen LogP contribution in [-0.4, -0.2) is 32.0 Å². The van der Waals surface area contributed by atoms with Gasteiger partial charge >= 0.3 is 0 Å². The van der Waals surface area contributed by atoms with E-state index in [1.807, 2.05) is 43.4 Å². The molecular weight excluding hydrogens is 362 g/mol. The van der Waals surface area contributed by atoms with Gasteiger partial charge in [0.2, 0.25) is 11.8 Å². The number of amides is 2. The lowest BCUT2D eigenvalue weighted by Crippen LogP contribution is -2.24. The van der Waals surface area contributed by atoms with Crippen LogP contribution >= 0.6 is 0 Å². The molecule has 1 fully saturated rings. The molecule has 29 heavy (non-hydrogen) atoms. The molecule has 3 aromatic carbocycles. The Labute approximate surface area is 170 Å². The molecule has 1 saturated heterocycles. The number of nitrogens with zero attached hydrogens (tertiary/aromatic N) is 2. The molecule has 0 radical (unpaired) electrons. The molecule has 0 aromatic heterocycles. The number of carbonyl (C=O) groups is 2. The average molecular weight is 387 g/mol. The van der Waals surface area contributed by atoms with E-state index in [1.54, 1.807) is 4.90 Å². The van der Waals surface area contributed by atoms with Gasteiger partial charge in [-0.15, -0.1) is 0 Å². The third kappa shape index (κ3) is 4.40. The molecule has 2 amide bonds. The normalized spacial score (nSPS) is 13.7. The zero-order valence-electron chi connectivity index (χ0n) is 16.6. The Morgan fingerprint density at radius 3 is 2.52 bits per heavy atom. The fourth-order valence-electron chi connectivity index (χ4n) is 3.68. The first kappa shape index (κ1) is 19.0. The van der Waals surface area contributed by atoms with Gasteiger partial charge in [0.25, 0.3) is 0 Å². The van der Waals surface area contributed by atoms with Crippen LogP contribution in [0.5, 0.6) is 0 Å². The molecule has 0 atom stereocenters. The summed E-state index contributed by atoms with van der Waals surface area (Å²) in [6.45, 7) is 1.40. The van der Waals surface area contributed by atoms with Crippen LogP contribution in [0.15, 0.2) is 66.7 Å². The van der Waals surface area contributed by atoms with Crippen LogP contribution in [0, 0.1) is 0 Å². The molecule has 1 aliphatic heterocycles. The van der Waals surface area contributed by atoms with E-state index in [-0.39, 0.29) is 11.8 Å². The number of fused-ring (bicyclic) bond motifs is 1. The molecule has 0 aliphatic carbocycles. The van der Waals surface area contributed by atoms with Crippen LogP contribution in [-0.2, 0) is 9.59 Å². The van der Waals surface area contributed by atoms with Gasteiger partial charge in [0.05, 0.1) is 0 Å². The number of hydrogen-bond donors (Lipinski definition) is 1. The molecular formula is C24H25N3O2. The largest absolute Gasteiger partial charge is 0.374 e. The van der Waals surface area contributed by atoms with Gasteiger partial charge in [-0.05, 0) is 53.6 Å². The number of benzene rings is 3. The molecule has 148 valence electrons. The van der Waals surface area contributed by atoms with Crippen molar-refractivity contribution in [3.05, 3.63) is 66.7 Å². The van der Waals surface area contributed by atoms with E-state index in [4.69, 9.17) is 0 Å². The molecule has 1 N–H and O–H groups in total. The highest BCUT2D eigenvalue weighted by Gasteiger charge is 2.21. The van der Waals surface area contributed by atoms with Gasteiger partial charge in [0, 0.05) is 50.0 Å². The Bertz CT molecular complexity index is 1030. The van der Waals surface area contributed by atoms with E-state index in [2.05, 4.69) is 40.5 Å². The van der Waals surface area contributed by atoms with Crippen molar-refractivity contribution in [1.82, 2.24) is 0 Å². The van der Waals surface area contributed by atoms with Crippen molar-refractivity contribution in [1.29, 1.82) is 0 Å². The van der Waals surface area contributed by atoms with E-state index >= 15 is 0 Å². The second-order valence-electron chi connectivity index (χ2n) is 7.45. The van der Waals surface area contributed by atoms with Crippen molar-refractivity contribution in [3.8, 4) is 0 Å². The summed E-state index contributed by atoms with van der Waals surface area (Å²) >= 11 is 0. The number of hydrogen-bond acceptors (Lipinski definition) is 3. The van der Waals surface area contributed by atoms with Gasteiger partial charge in [-0.25, -0.2) is 0 Å². The summed E-state index contributed by atoms with van der Waals surface area (Å²) in [6, 6.07) is 22.1. The van der Waals surface area contributed by atoms with Crippen molar-refractivity contribution in [2.24, 2.45) is 0 Å². The minimum atomic E-state index is -0.0253. The van der Waals surface area contributed by atoms with Crippen molar-refractivity contribution in [2.75, 3.05) is 35.3 Å². The molecule has 3 aromatic rings. The van der Waals surface area contributed by atoms with E-state index in [1.165, 1.54) is 10.8 Å². The molecule has 0 unspecified atom stereocenters. The fourth-order valence-corrected chi connectivity index (χ4v) is 3.68. The quantitative estimate of drug-likeness (QED) is 0.681. The molecule has 5 heteroatoms. The Hall–Kier alpha value is -3.34. The summed E-state index contributed by atoms with van der Waals surface area (Å²) in [7, 11) is 2.00. The monoisotopic (exact) mass is 387 g/mol. The predicted octanol–water partition coefficient (Wildman–Crippen LogP) is 4.43. The van der Waals surface area contributed by atoms with Gasteiger partial charge in [-0.3, -0.25) is 9.59 Å². The fraction of sp³-hybridized carbons (Fsp3) is 0.250. The second kappa shape index (κ2) is 8.35. The first-order valence-electron chi connectivity index (χ1n) is 10.0. The maximum atomic E-state index is 12.4. The standard InChI is InChI=1S/C24H25N3O2/c1-26(22-11-8-18-5-2-3-6-19(18)17-22)16-14-23(28)25-20-9-12-21(13-10-20)27-15-4-7-24(27)29/h2-3,5-6,8-13,17H,4,7,14-16H2,1H3,(H,25,28). The minimum absolute atomic E-state index is 0.0253. The molecule has 0 bridgehead atoms. The smallest absolute Gasteiger partial charge is 0.227 e. The van der Waals surface area contributed by atoms with E-state index in [9.17, 15) is 9.59 Å². The Morgan fingerprint density at radius 1 is 1.03 bits per heavy atom. The van der Waals surface area contributed by atoms with Crippen LogP contribution in [0.2, 0.25) is 0 Å². The highest BCUT2D eigenvalue weighted by molar-refractivity contribution is 5.96. The van der Waals surface area contributed by atoms with E-state index in [0.29, 0.717) is 19.4 Å². The summed E-state index contributed by atoms with van der Waals surface area (Å²) in [5.74, 6) is 0.140. The van der Waals surface area contributed by atoms with Gasteiger partial charge < -0.3 is 15.1 Å². The summed E-state index contributed by atoms with van der Waals surface area (Å²) in [5, 5.41) is 5.34. The van der Waals surface area contributed by atoms with Crippen molar-refractivity contribution < 1.29 is 9.59 Å².